The molecular formula is C31H50N+. The topological polar surface area (TPSA) is 3.88 Å². The molecule has 1 unspecified atom stereocenters. The minimum Gasteiger partial charge on any atom is -0.202 e. The van der Waals surface area contributed by atoms with Crippen LogP contribution in [0.25, 0.3) is 0 Å². The number of rotatable bonds is 20. The molecule has 0 aliphatic carbocycles. The van der Waals surface area contributed by atoms with E-state index < -0.39 is 0 Å². The summed E-state index contributed by atoms with van der Waals surface area (Å²) in [6.45, 7) is 2.30. The summed E-state index contributed by atoms with van der Waals surface area (Å²) >= 11 is 0. The lowest BCUT2D eigenvalue weighted by Crippen LogP contribution is -2.38. The van der Waals surface area contributed by atoms with Crippen LogP contribution < -0.4 is 4.57 Å². The Bertz CT molecular complexity index is 636. The molecule has 2 aromatic rings. The Hall–Kier alpha value is -1.63. The van der Waals surface area contributed by atoms with Crippen LogP contribution in [-0.2, 0) is 6.42 Å². The molecule has 1 heterocycles. The van der Waals surface area contributed by atoms with E-state index in [1.807, 2.05) is 0 Å². The van der Waals surface area contributed by atoms with Gasteiger partial charge >= 0.3 is 0 Å². The maximum atomic E-state index is 2.46. The number of aromatic nitrogens is 1. The maximum absolute atomic E-state index is 2.46. The van der Waals surface area contributed by atoms with Crippen LogP contribution in [0.5, 0.6) is 0 Å². The molecule has 0 spiro atoms. The van der Waals surface area contributed by atoms with Gasteiger partial charge in [0, 0.05) is 25.0 Å². The van der Waals surface area contributed by atoms with Crippen molar-refractivity contribution in [3.63, 3.8) is 0 Å². The zero-order valence-electron chi connectivity index (χ0n) is 21.0. The molecule has 1 nitrogen and oxygen atoms in total. The van der Waals surface area contributed by atoms with Crippen LogP contribution in [0.15, 0.2) is 60.9 Å². The van der Waals surface area contributed by atoms with Crippen molar-refractivity contribution in [2.75, 3.05) is 0 Å². The van der Waals surface area contributed by atoms with Gasteiger partial charge in [0.2, 0.25) is 0 Å². The van der Waals surface area contributed by atoms with E-state index >= 15 is 0 Å². The largest absolute Gasteiger partial charge is 0.202 e. The Morgan fingerprint density at radius 3 is 1.56 bits per heavy atom. The standard InChI is InChI=1S/C31H50N/c1-2-3-4-5-6-7-8-9-10-11-12-13-18-26-31(32-28-21-15-22-29-32)27-20-19-25-30-23-16-14-17-24-30/h14-17,21-24,28-29,31H,2-13,18-20,25-27H2,1H3/q+1. The van der Waals surface area contributed by atoms with Crippen LogP contribution >= 0.6 is 0 Å². The third-order valence-corrected chi connectivity index (χ3v) is 6.90. The molecule has 0 radical (unpaired) electrons. The molecule has 1 heteroatoms. The van der Waals surface area contributed by atoms with Crippen LogP contribution in [0.3, 0.4) is 0 Å². The van der Waals surface area contributed by atoms with E-state index in [4.69, 9.17) is 0 Å². The molecule has 0 bridgehead atoms. The average molecular weight is 437 g/mol. The average Bonchev–Trinajstić information content (AvgIpc) is 2.84. The Labute approximate surface area is 199 Å². The van der Waals surface area contributed by atoms with E-state index in [9.17, 15) is 0 Å². The van der Waals surface area contributed by atoms with Gasteiger partial charge in [-0.05, 0) is 31.2 Å². The second-order valence-corrected chi connectivity index (χ2v) is 9.74. The van der Waals surface area contributed by atoms with Crippen LogP contribution in [0, 0.1) is 0 Å². The first-order valence-corrected chi connectivity index (χ1v) is 13.9. The van der Waals surface area contributed by atoms with E-state index in [1.54, 1.807) is 0 Å². The first-order chi connectivity index (χ1) is 15.9. The van der Waals surface area contributed by atoms with Gasteiger partial charge in [-0.3, -0.25) is 0 Å². The van der Waals surface area contributed by atoms with E-state index in [2.05, 4.69) is 72.4 Å². The van der Waals surface area contributed by atoms with Crippen molar-refractivity contribution in [2.45, 2.75) is 129 Å². The maximum Gasteiger partial charge on any atom is 0.169 e. The lowest BCUT2D eigenvalue weighted by Gasteiger charge is -2.13. The lowest BCUT2D eigenvalue weighted by atomic mass is 9.99. The molecule has 1 atom stereocenters. The molecule has 0 N–H and O–H groups in total. The third-order valence-electron chi connectivity index (χ3n) is 6.90. The van der Waals surface area contributed by atoms with Gasteiger partial charge in [0.1, 0.15) is 0 Å². The second-order valence-electron chi connectivity index (χ2n) is 9.74. The van der Waals surface area contributed by atoms with Gasteiger partial charge in [-0.1, -0.05) is 120 Å². The Morgan fingerprint density at radius 1 is 0.531 bits per heavy atom. The van der Waals surface area contributed by atoms with Crippen molar-refractivity contribution in [1.82, 2.24) is 0 Å². The number of benzene rings is 1. The zero-order chi connectivity index (χ0) is 22.5. The lowest BCUT2D eigenvalue weighted by molar-refractivity contribution is -0.724. The highest BCUT2D eigenvalue weighted by Crippen LogP contribution is 2.19. The molecule has 0 amide bonds. The van der Waals surface area contributed by atoms with Crippen LogP contribution in [0.2, 0.25) is 0 Å². The first-order valence-electron chi connectivity index (χ1n) is 13.9. The first kappa shape index (κ1) is 26.6. The monoisotopic (exact) mass is 436 g/mol. The highest BCUT2D eigenvalue weighted by molar-refractivity contribution is 5.14. The molecule has 2 rings (SSSR count). The van der Waals surface area contributed by atoms with Gasteiger partial charge in [-0.15, -0.1) is 0 Å². The normalized spacial score (nSPS) is 12.2. The molecule has 0 fully saturated rings. The van der Waals surface area contributed by atoms with Gasteiger partial charge in [-0.2, -0.15) is 0 Å². The summed E-state index contributed by atoms with van der Waals surface area (Å²) < 4.78 is 2.46. The quantitative estimate of drug-likeness (QED) is 0.144. The summed E-state index contributed by atoms with van der Waals surface area (Å²) in [4.78, 5) is 0. The van der Waals surface area contributed by atoms with E-state index in [0.717, 1.165) is 0 Å². The molecular weight excluding hydrogens is 386 g/mol. The predicted molar refractivity (Wildman–Crippen MR) is 140 cm³/mol. The number of unbranched alkanes of at least 4 members (excludes halogenated alkanes) is 13. The van der Waals surface area contributed by atoms with E-state index in [1.165, 1.54) is 121 Å². The van der Waals surface area contributed by atoms with Crippen molar-refractivity contribution in [3.05, 3.63) is 66.5 Å². The van der Waals surface area contributed by atoms with Gasteiger partial charge < -0.3 is 0 Å². The van der Waals surface area contributed by atoms with Crippen molar-refractivity contribution < 1.29 is 4.57 Å². The Balaban J connectivity index is 1.53. The molecule has 178 valence electrons. The van der Waals surface area contributed by atoms with Gasteiger partial charge in [-0.25, -0.2) is 4.57 Å². The number of hydrogen-bond acceptors (Lipinski definition) is 0. The van der Waals surface area contributed by atoms with Crippen molar-refractivity contribution >= 4 is 0 Å². The number of aryl methyl sites for hydroxylation is 1. The van der Waals surface area contributed by atoms with Crippen LogP contribution in [0.1, 0.15) is 128 Å². The summed E-state index contributed by atoms with van der Waals surface area (Å²) in [5.41, 5.74) is 1.48. The molecule has 1 aromatic carbocycles. The smallest absolute Gasteiger partial charge is 0.169 e. The second kappa shape index (κ2) is 18.9. The van der Waals surface area contributed by atoms with Gasteiger partial charge in [0.25, 0.3) is 0 Å². The van der Waals surface area contributed by atoms with Crippen molar-refractivity contribution in [2.24, 2.45) is 0 Å². The van der Waals surface area contributed by atoms with Crippen LogP contribution in [-0.4, -0.2) is 0 Å². The third kappa shape index (κ3) is 13.0. The fraction of sp³-hybridized carbons (Fsp3) is 0.645. The number of hydrogen-bond donors (Lipinski definition) is 0. The zero-order valence-corrected chi connectivity index (χ0v) is 21.0. The Kier molecular flexibility index (Phi) is 15.7. The minimum absolute atomic E-state index is 0.666. The molecule has 32 heavy (non-hydrogen) atoms. The summed E-state index contributed by atoms with van der Waals surface area (Å²) in [6.07, 6.45) is 29.6. The molecule has 0 saturated carbocycles. The highest BCUT2D eigenvalue weighted by atomic mass is 15.0. The predicted octanol–water partition coefficient (Wildman–Crippen LogP) is 9.41. The van der Waals surface area contributed by atoms with E-state index in [-0.39, 0.29) is 0 Å². The van der Waals surface area contributed by atoms with Crippen molar-refractivity contribution in [3.8, 4) is 0 Å². The molecule has 0 aliphatic heterocycles. The SMILES string of the molecule is CCCCCCCCCCCCCCCC(CCCCc1ccccc1)[n+]1ccccc1. The fourth-order valence-corrected chi connectivity index (χ4v) is 4.85. The van der Waals surface area contributed by atoms with E-state index in [0.29, 0.717) is 6.04 Å². The molecule has 1 aromatic heterocycles. The number of nitrogens with zero attached hydrogens (tertiary/aromatic N) is 1. The summed E-state index contributed by atoms with van der Waals surface area (Å²) in [5.74, 6) is 0. The molecule has 0 saturated heterocycles. The number of pyridine rings is 1. The summed E-state index contributed by atoms with van der Waals surface area (Å²) in [5, 5.41) is 0. The summed E-state index contributed by atoms with van der Waals surface area (Å²) in [6, 6.07) is 18.1. The Morgan fingerprint density at radius 2 is 1.00 bits per heavy atom. The molecule has 0 aliphatic rings. The summed E-state index contributed by atoms with van der Waals surface area (Å²) in [7, 11) is 0. The van der Waals surface area contributed by atoms with Gasteiger partial charge in [0.05, 0.1) is 0 Å². The fourth-order valence-electron chi connectivity index (χ4n) is 4.85. The van der Waals surface area contributed by atoms with Crippen LogP contribution in [0.4, 0.5) is 0 Å². The van der Waals surface area contributed by atoms with Gasteiger partial charge in [0.15, 0.2) is 18.4 Å². The van der Waals surface area contributed by atoms with Crippen molar-refractivity contribution in [1.29, 1.82) is 0 Å². The minimum atomic E-state index is 0.666. The highest BCUT2D eigenvalue weighted by Gasteiger charge is 2.17.